The standard InChI is InChI=1S/C21H20N2O5S/c1-4-23-19(25)17(12-14-6-5-7-16(27-2)18(14)24)29-21(23)22-15-10-8-13(9-11-15)20(26)28-3/h5-12,24H,4H2,1-3H3/b17-12+,22-21?. The fraction of sp³-hybridized carbons (Fsp3) is 0.190. The third-order valence-corrected chi connectivity index (χ3v) is 5.26. The Morgan fingerprint density at radius 2 is 1.93 bits per heavy atom. The van der Waals surface area contributed by atoms with Gasteiger partial charge in [-0.15, -0.1) is 0 Å². The molecule has 8 heteroatoms. The van der Waals surface area contributed by atoms with Gasteiger partial charge in [-0.25, -0.2) is 9.79 Å². The smallest absolute Gasteiger partial charge is 0.337 e. The summed E-state index contributed by atoms with van der Waals surface area (Å²) in [6, 6.07) is 11.7. The van der Waals surface area contributed by atoms with E-state index in [0.29, 0.717) is 39.2 Å². The number of likely N-dealkylation sites (N-methyl/N-ethyl adjacent to an activating group) is 1. The van der Waals surface area contributed by atoms with Crippen LogP contribution in [-0.4, -0.2) is 47.8 Å². The number of hydrogen-bond acceptors (Lipinski definition) is 7. The molecular weight excluding hydrogens is 392 g/mol. The Morgan fingerprint density at radius 3 is 2.55 bits per heavy atom. The number of benzene rings is 2. The molecule has 0 saturated carbocycles. The Hall–Kier alpha value is -3.26. The Labute approximate surface area is 172 Å². The van der Waals surface area contributed by atoms with Crippen LogP contribution in [0.1, 0.15) is 22.8 Å². The first-order chi connectivity index (χ1) is 14.0. The highest BCUT2D eigenvalue weighted by Crippen LogP contribution is 2.37. The van der Waals surface area contributed by atoms with Crippen molar-refractivity contribution in [2.24, 2.45) is 4.99 Å². The number of thioether (sulfide) groups is 1. The third kappa shape index (κ3) is 4.27. The number of amidine groups is 1. The maximum atomic E-state index is 12.8. The van der Waals surface area contributed by atoms with Gasteiger partial charge in [0.15, 0.2) is 16.7 Å². The van der Waals surface area contributed by atoms with Gasteiger partial charge >= 0.3 is 5.97 Å². The first-order valence-electron chi connectivity index (χ1n) is 8.83. The number of phenols is 1. The number of rotatable bonds is 5. The lowest BCUT2D eigenvalue weighted by Crippen LogP contribution is -2.28. The van der Waals surface area contributed by atoms with Gasteiger partial charge in [-0.2, -0.15) is 0 Å². The maximum absolute atomic E-state index is 12.8. The number of aliphatic imine (C=N–C) groups is 1. The molecule has 7 nitrogen and oxygen atoms in total. The lowest BCUT2D eigenvalue weighted by molar-refractivity contribution is -0.122. The predicted molar refractivity (Wildman–Crippen MR) is 112 cm³/mol. The number of esters is 1. The monoisotopic (exact) mass is 412 g/mol. The van der Waals surface area contributed by atoms with Gasteiger partial charge in [0.05, 0.1) is 30.4 Å². The zero-order chi connectivity index (χ0) is 21.0. The summed E-state index contributed by atoms with van der Waals surface area (Å²) >= 11 is 1.22. The summed E-state index contributed by atoms with van der Waals surface area (Å²) in [5.74, 6) is -0.303. The van der Waals surface area contributed by atoms with E-state index in [-0.39, 0.29) is 11.7 Å². The van der Waals surface area contributed by atoms with Crippen molar-refractivity contribution in [2.45, 2.75) is 6.92 Å². The van der Waals surface area contributed by atoms with E-state index in [9.17, 15) is 14.7 Å². The summed E-state index contributed by atoms with van der Waals surface area (Å²) in [6.45, 7) is 2.31. The van der Waals surface area contributed by atoms with Gasteiger partial charge in [0.1, 0.15) is 0 Å². The summed E-state index contributed by atoms with van der Waals surface area (Å²) in [7, 11) is 2.79. The molecular formula is C21H20N2O5S. The summed E-state index contributed by atoms with van der Waals surface area (Å²) in [5.41, 5.74) is 1.52. The summed E-state index contributed by atoms with van der Waals surface area (Å²) in [4.78, 5) is 30.9. The predicted octanol–water partition coefficient (Wildman–Crippen LogP) is 3.81. The minimum absolute atomic E-state index is 0.0252. The lowest BCUT2D eigenvalue weighted by Gasteiger charge is -2.12. The van der Waals surface area contributed by atoms with Crippen LogP contribution in [0.15, 0.2) is 52.4 Å². The molecule has 0 aliphatic carbocycles. The molecule has 0 aromatic heterocycles. The zero-order valence-corrected chi connectivity index (χ0v) is 17.0. The molecule has 150 valence electrons. The van der Waals surface area contributed by atoms with Crippen LogP contribution in [0.4, 0.5) is 5.69 Å². The molecule has 0 unspecified atom stereocenters. The van der Waals surface area contributed by atoms with Gasteiger partial charge in [0.25, 0.3) is 5.91 Å². The molecule has 0 atom stereocenters. The molecule has 1 N–H and O–H groups in total. The SMILES string of the molecule is CCN1C(=O)/C(=C\c2cccc(OC)c2O)SC1=Nc1ccc(C(=O)OC)cc1. The lowest BCUT2D eigenvalue weighted by atomic mass is 10.1. The van der Waals surface area contributed by atoms with Gasteiger partial charge in [-0.05, 0) is 55.1 Å². The number of nitrogens with zero attached hydrogens (tertiary/aromatic N) is 2. The van der Waals surface area contributed by atoms with Crippen molar-refractivity contribution in [2.75, 3.05) is 20.8 Å². The van der Waals surface area contributed by atoms with Crippen molar-refractivity contribution in [1.29, 1.82) is 0 Å². The molecule has 1 heterocycles. The van der Waals surface area contributed by atoms with Gasteiger partial charge in [-0.3, -0.25) is 9.69 Å². The number of amides is 1. The zero-order valence-electron chi connectivity index (χ0n) is 16.2. The van der Waals surface area contributed by atoms with Crippen LogP contribution in [0.5, 0.6) is 11.5 Å². The van der Waals surface area contributed by atoms with E-state index in [4.69, 9.17) is 4.74 Å². The summed E-state index contributed by atoms with van der Waals surface area (Å²) in [6.07, 6.45) is 1.62. The quantitative estimate of drug-likeness (QED) is 0.593. The van der Waals surface area contributed by atoms with E-state index in [0.717, 1.165) is 0 Å². The first kappa shape index (κ1) is 20.5. The average molecular weight is 412 g/mol. The summed E-state index contributed by atoms with van der Waals surface area (Å²) < 4.78 is 9.80. The van der Waals surface area contributed by atoms with Crippen LogP contribution in [-0.2, 0) is 9.53 Å². The molecule has 1 saturated heterocycles. The number of ether oxygens (including phenoxy) is 2. The largest absolute Gasteiger partial charge is 0.504 e. The number of phenolic OH excluding ortho intramolecular Hbond substituents is 1. The highest BCUT2D eigenvalue weighted by atomic mass is 32.2. The molecule has 3 rings (SSSR count). The van der Waals surface area contributed by atoms with Gasteiger partial charge in [0, 0.05) is 12.1 Å². The van der Waals surface area contributed by atoms with Crippen molar-refractivity contribution >= 4 is 40.6 Å². The van der Waals surface area contributed by atoms with Gasteiger partial charge in [0.2, 0.25) is 0 Å². The fourth-order valence-corrected chi connectivity index (χ4v) is 3.79. The van der Waals surface area contributed by atoms with Gasteiger partial charge < -0.3 is 14.6 Å². The van der Waals surface area contributed by atoms with Crippen LogP contribution in [0.3, 0.4) is 0 Å². The van der Waals surface area contributed by atoms with E-state index in [1.54, 1.807) is 53.4 Å². The molecule has 1 amide bonds. The van der Waals surface area contributed by atoms with Crippen molar-refractivity contribution in [3.63, 3.8) is 0 Å². The van der Waals surface area contributed by atoms with Crippen molar-refractivity contribution in [3.05, 3.63) is 58.5 Å². The second kappa shape index (κ2) is 8.83. The van der Waals surface area contributed by atoms with E-state index < -0.39 is 5.97 Å². The van der Waals surface area contributed by atoms with Crippen LogP contribution in [0.2, 0.25) is 0 Å². The number of carbonyl (C=O) groups is 2. The fourth-order valence-electron chi connectivity index (χ4n) is 2.73. The number of para-hydroxylation sites is 1. The molecule has 0 radical (unpaired) electrons. The van der Waals surface area contributed by atoms with E-state index in [1.807, 2.05) is 6.92 Å². The maximum Gasteiger partial charge on any atom is 0.337 e. The number of hydrogen-bond donors (Lipinski definition) is 1. The number of methoxy groups -OCH3 is 2. The topological polar surface area (TPSA) is 88.4 Å². The number of aromatic hydroxyl groups is 1. The second-order valence-electron chi connectivity index (χ2n) is 5.99. The van der Waals surface area contributed by atoms with Crippen LogP contribution < -0.4 is 4.74 Å². The van der Waals surface area contributed by atoms with Crippen molar-refractivity contribution in [1.82, 2.24) is 4.90 Å². The van der Waals surface area contributed by atoms with Crippen LogP contribution >= 0.6 is 11.8 Å². The molecule has 29 heavy (non-hydrogen) atoms. The molecule has 2 aromatic carbocycles. The van der Waals surface area contributed by atoms with Crippen molar-refractivity contribution in [3.8, 4) is 11.5 Å². The molecule has 1 aliphatic rings. The third-order valence-electron chi connectivity index (χ3n) is 4.25. The first-order valence-corrected chi connectivity index (χ1v) is 9.64. The second-order valence-corrected chi connectivity index (χ2v) is 7.00. The van der Waals surface area contributed by atoms with Crippen LogP contribution in [0.25, 0.3) is 6.08 Å². The van der Waals surface area contributed by atoms with Crippen LogP contribution in [0, 0.1) is 0 Å². The molecule has 1 fully saturated rings. The molecule has 0 spiro atoms. The van der Waals surface area contributed by atoms with E-state index in [1.165, 1.54) is 26.0 Å². The molecule has 0 bridgehead atoms. The van der Waals surface area contributed by atoms with E-state index in [2.05, 4.69) is 9.73 Å². The molecule has 2 aromatic rings. The van der Waals surface area contributed by atoms with E-state index >= 15 is 0 Å². The normalized spacial score (nSPS) is 16.5. The van der Waals surface area contributed by atoms with Crippen molar-refractivity contribution < 1.29 is 24.2 Å². The average Bonchev–Trinajstić information content (AvgIpc) is 3.03. The number of carbonyl (C=O) groups excluding carboxylic acids is 2. The van der Waals surface area contributed by atoms with Gasteiger partial charge in [-0.1, -0.05) is 12.1 Å². The summed E-state index contributed by atoms with van der Waals surface area (Å²) in [5, 5.41) is 10.8. The Kier molecular flexibility index (Phi) is 6.23. The minimum Gasteiger partial charge on any atom is -0.504 e. The Balaban J connectivity index is 1.91. The highest BCUT2D eigenvalue weighted by molar-refractivity contribution is 8.18. The highest BCUT2D eigenvalue weighted by Gasteiger charge is 2.32. The Bertz CT molecular complexity index is 999. The molecule has 1 aliphatic heterocycles. The minimum atomic E-state index is -0.423. The Morgan fingerprint density at radius 1 is 1.21 bits per heavy atom.